The molecule has 0 bridgehead atoms. The Bertz CT molecular complexity index is 1540. The standard InChI is InChI=1S/C29H32ClF4N5O3/c1-5-23(40)37-11-17(3)38(12-16(37)2)27-20-10-21(30)24(18(4)22(32)6-8-31)26-25(20)39(28(41)35-27)19(14-42-26)13-36-9-7-29(33,34)15-36/h5-6,10,16-17,19H,1,4,7-9,11-15H2,2-3H3/b22-6+/t16-,17+,19?/m1/s1. The zero-order valence-electron chi connectivity index (χ0n) is 23.4. The van der Waals surface area contributed by atoms with E-state index in [1.54, 1.807) is 9.80 Å². The summed E-state index contributed by atoms with van der Waals surface area (Å²) in [4.78, 5) is 35.8. The van der Waals surface area contributed by atoms with E-state index in [1.807, 2.05) is 18.7 Å². The Hall–Kier alpha value is -3.38. The summed E-state index contributed by atoms with van der Waals surface area (Å²) in [6.45, 7) is 10.5. The van der Waals surface area contributed by atoms with Crippen LogP contribution in [0.15, 0.2) is 42.0 Å². The van der Waals surface area contributed by atoms with Crippen molar-refractivity contribution in [3.8, 4) is 5.75 Å². The SMILES string of the molecule is C=CC(=O)N1C[C@H](C)N(c2nc(=O)n3c4c(c(C(=C)/C(F)=C\CF)c(Cl)cc24)OCC3CN2CCC(F)(F)C2)C[C@H]1C. The number of allylic oxidation sites excluding steroid dienone is 3. The molecule has 1 unspecified atom stereocenters. The fourth-order valence-corrected chi connectivity index (χ4v) is 6.42. The number of hydrogen-bond acceptors (Lipinski definition) is 6. The topological polar surface area (TPSA) is 70.9 Å². The Morgan fingerprint density at radius 3 is 2.67 bits per heavy atom. The molecular formula is C29H32ClF4N5O3. The quantitative estimate of drug-likeness (QED) is 0.256. The Labute approximate surface area is 245 Å². The maximum atomic E-state index is 14.8. The van der Waals surface area contributed by atoms with Crippen LogP contribution in [-0.4, -0.2) is 89.3 Å². The lowest BCUT2D eigenvalue weighted by atomic mass is 9.99. The van der Waals surface area contributed by atoms with Gasteiger partial charge in [-0.1, -0.05) is 24.8 Å². The van der Waals surface area contributed by atoms with Crippen molar-refractivity contribution in [3.05, 3.63) is 58.3 Å². The van der Waals surface area contributed by atoms with Crippen molar-refractivity contribution in [3.63, 3.8) is 0 Å². The van der Waals surface area contributed by atoms with Gasteiger partial charge in [0, 0.05) is 61.2 Å². The number of likely N-dealkylation sites (tertiary alicyclic amines) is 1. The van der Waals surface area contributed by atoms with E-state index in [9.17, 15) is 27.2 Å². The van der Waals surface area contributed by atoms with Gasteiger partial charge in [0.15, 0.2) is 5.75 Å². The Kier molecular flexibility index (Phi) is 8.14. The van der Waals surface area contributed by atoms with Gasteiger partial charge in [-0.2, -0.15) is 4.98 Å². The van der Waals surface area contributed by atoms with Gasteiger partial charge in [-0.15, -0.1) is 0 Å². The van der Waals surface area contributed by atoms with Crippen LogP contribution < -0.4 is 15.3 Å². The molecule has 5 rings (SSSR count). The van der Waals surface area contributed by atoms with E-state index < -0.39 is 36.7 Å². The Morgan fingerprint density at radius 1 is 1.29 bits per heavy atom. The molecule has 226 valence electrons. The molecule has 13 heteroatoms. The number of alkyl halides is 3. The van der Waals surface area contributed by atoms with E-state index in [0.29, 0.717) is 30.4 Å². The van der Waals surface area contributed by atoms with E-state index in [4.69, 9.17) is 16.3 Å². The molecular weight excluding hydrogens is 578 g/mol. The molecule has 4 heterocycles. The third-order valence-electron chi connectivity index (χ3n) is 8.16. The van der Waals surface area contributed by atoms with Gasteiger partial charge in [-0.05, 0) is 32.1 Å². The van der Waals surface area contributed by atoms with Crippen molar-refractivity contribution in [2.45, 2.75) is 44.3 Å². The molecule has 0 N–H and O–H groups in total. The molecule has 42 heavy (non-hydrogen) atoms. The van der Waals surface area contributed by atoms with Crippen molar-refractivity contribution in [1.29, 1.82) is 0 Å². The van der Waals surface area contributed by atoms with Crippen LogP contribution in [0.1, 0.15) is 31.9 Å². The van der Waals surface area contributed by atoms with Crippen molar-refractivity contribution in [1.82, 2.24) is 19.4 Å². The number of halogens is 5. The zero-order chi connectivity index (χ0) is 30.5. The van der Waals surface area contributed by atoms with Crippen molar-refractivity contribution < 1.29 is 27.1 Å². The molecule has 0 aliphatic carbocycles. The number of piperazine rings is 1. The van der Waals surface area contributed by atoms with E-state index in [0.717, 1.165) is 0 Å². The van der Waals surface area contributed by atoms with Crippen LogP contribution in [0.4, 0.5) is 23.4 Å². The van der Waals surface area contributed by atoms with Gasteiger partial charge in [0.25, 0.3) is 5.92 Å². The summed E-state index contributed by atoms with van der Waals surface area (Å²) < 4.78 is 63.2. The number of rotatable bonds is 7. The highest BCUT2D eigenvalue weighted by molar-refractivity contribution is 6.34. The molecule has 3 aliphatic heterocycles. The fourth-order valence-electron chi connectivity index (χ4n) is 6.11. The van der Waals surface area contributed by atoms with Gasteiger partial charge in [0.05, 0.1) is 23.1 Å². The molecule has 0 spiro atoms. The monoisotopic (exact) mass is 609 g/mol. The van der Waals surface area contributed by atoms with E-state index in [2.05, 4.69) is 18.1 Å². The smallest absolute Gasteiger partial charge is 0.350 e. The summed E-state index contributed by atoms with van der Waals surface area (Å²) in [7, 11) is 0. The van der Waals surface area contributed by atoms with Gasteiger partial charge in [0.1, 0.15) is 24.9 Å². The minimum Gasteiger partial charge on any atom is -0.488 e. The summed E-state index contributed by atoms with van der Waals surface area (Å²) in [5, 5.41) is 0.483. The van der Waals surface area contributed by atoms with Gasteiger partial charge in [0.2, 0.25) is 5.91 Å². The minimum absolute atomic E-state index is 0.0527. The molecule has 0 radical (unpaired) electrons. The molecule has 2 aromatic rings. The molecule has 2 fully saturated rings. The number of carbonyl (C=O) groups is 1. The maximum absolute atomic E-state index is 14.8. The van der Waals surface area contributed by atoms with Crippen LogP contribution in [0.3, 0.4) is 0 Å². The van der Waals surface area contributed by atoms with Crippen molar-refractivity contribution in [2.75, 3.05) is 50.9 Å². The van der Waals surface area contributed by atoms with Crippen LogP contribution in [0.5, 0.6) is 5.75 Å². The lowest BCUT2D eigenvalue weighted by molar-refractivity contribution is -0.128. The highest BCUT2D eigenvalue weighted by atomic mass is 35.5. The Balaban J connectivity index is 1.68. The number of ether oxygens (including phenoxy) is 1. The molecule has 8 nitrogen and oxygen atoms in total. The molecule has 1 aromatic carbocycles. The van der Waals surface area contributed by atoms with E-state index in [-0.39, 0.29) is 71.5 Å². The third kappa shape index (κ3) is 5.30. The number of hydrogen-bond donors (Lipinski definition) is 0. The van der Waals surface area contributed by atoms with E-state index >= 15 is 0 Å². The van der Waals surface area contributed by atoms with Crippen molar-refractivity contribution >= 4 is 39.8 Å². The largest absolute Gasteiger partial charge is 0.488 e. The number of aromatic nitrogens is 2. The van der Waals surface area contributed by atoms with Crippen LogP contribution in [0, 0.1) is 0 Å². The first kappa shape index (κ1) is 30.1. The zero-order valence-corrected chi connectivity index (χ0v) is 24.1. The van der Waals surface area contributed by atoms with Crippen LogP contribution in [0.2, 0.25) is 5.02 Å². The third-order valence-corrected chi connectivity index (χ3v) is 8.46. The molecule has 2 saturated heterocycles. The lowest BCUT2D eigenvalue weighted by Gasteiger charge is -2.45. The van der Waals surface area contributed by atoms with Crippen LogP contribution in [-0.2, 0) is 4.79 Å². The normalized spacial score (nSPS) is 24.2. The second kappa shape index (κ2) is 11.4. The average Bonchev–Trinajstić information content (AvgIpc) is 3.29. The highest BCUT2D eigenvalue weighted by Gasteiger charge is 2.41. The number of nitrogens with zero attached hydrogens (tertiary/aromatic N) is 5. The molecule has 3 aliphatic rings. The summed E-state index contributed by atoms with van der Waals surface area (Å²) in [5.74, 6) is -3.59. The predicted octanol–water partition coefficient (Wildman–Crippen LogP) is 4.77. The molecule has 1 amide bonds. The second-order valence-electron chi connectivity index (χ2n) is 11.1. The second-order valence-corrected chi connectivity index (χ2v) is 11.5. The van der Waals surface area contributed by atoms with E-state index in [1.165, 1.54) is 16.7 Å². The van der Waals surface area contributed by atoms with Gasteiger partial charge in [-0.3, -0.25) is 14.3 Å². The first-order valence-corrected chi connectivity index (χ1v) is 14.1. The first-order chi connectivity index (χ1) is 19.9. The summed E-state index contributed by atoms with van der Waals surface area (Å²) in [6, 6.07) is 0.365. The number of anilines is 1. The summed E-state index contributed by atoms with van der Waals surface area (Å²) >= 11 is 6.69. The fraction of sp³-hybridized carbons (Fsp3) is 0.483. The molecule has 3 atom stereocenters. The van der Waals surface area contributed by atoms with Crippen LogP contribution in [0.25, 0.3) is 16.5 Å². The number of amides is 1. The minimum atomic E-state index is -2.82. The average molecular weight is 610 g/mol. The highest BCUT2D eigenvalue weighted by Crippen LogP contribution is 2.46. The van der Waals surface area contributed by atoms with Crippen molar-refractivity contribution in [2.24, 2.45) is 0 Å². The lowest BCUT2D eigenvalue weighted by Crippen LogP contribution is -2.58. The van der Waals surface area contributed by atoms with Gasteiger partial charge < -0.3 is 14.5 Å². The van der Waals surface area contributed by atoms with Gasteiger partial charge in [-0.25, -0.2) is 22.4 Å². The summed E-state index contributed by atoms with van der Waals surface area (Å²) in [6.07, 6.45) is 1.69. The molecule has 1 aromatic heterocycles. The summed E-state index contributed by atoms with van der Waals surface area (Å²) in [5.41, 5.74) is -0.528. The predicted molar refractivity (Wildman–Crippen MR) is 154 cm³/mol. The maximum Gasteiger partial charge on any atom is 0.350 e. The van der Waals surface area contributed by atoms with Gasteiger partial charge >= 0.3 is 5.69 Å². The number of carbonyl (C=O) groups excluding carboxylic acids is 1. The molecule has 0 saturated carbocycles. The first-order valence-electron chi connectivity index (χ1n) is 13.7. The van der Waals surface area contributed by atoms with Crippen LogP contribution >= 0.6 is 11.6 Å². The number of benzene rings is 1. The Morgan fingerprint density at radius 2 is 2.02 bits per heavy atom.